The second-order valence-corrected chi connectivity index (χ2v) is 10.6. The zero-order valence-electron chi connectivity index (χ0n) is 22.0. The van der Waals surface area contributed by atoms with E-state index in [2.05, 4.69) is 39.8 Å². The van der Waals surface area contributed by atoms with E-state index in [0.717, 1.165) is 44.3 Å². The van der Waals surface area contributed by atoms with E-state index in [1.54, 1.807) is 18.1 Å². The van der Waals surface area contributed by atoms with Crippen LogP contribution in [0, 0.1) is 0 Å². The van der Waals surface area contributed by atoms with E-state index in [1.165, 1.54) is 6.92 Å². The molecule has 9 heteroatoms. The van der Waals surface area contributed by atoms with Crippen LogP contribution in [0.4, 0.5) is 0 Å². The molecule has 1 amide bonds. The Morgan fingerprint density at radius 2 is 1.79 bits per heavy atom. The predicted octanol–water partition coefficient (Wildman–Crippen LogP) is 4.95. The van der Waals surface area contributed by atoms with Crippen LogP contribution in [0.15, 0.2) is 84.3 Å². The summed E-state index contributed by atoms with van der Waals surface area (Å²) in [6, 6.07) is 24.3. The lowest BCUT2D eigenvalue weighted by Gasteiger charge is -2.36. The van der Waals surface area contributed by atoms with Crippen molar-refractivity contribution in [1.29, 1.82) is 0 Å². The number of hydrogen-bond acceptors (Lipinski definition) is 7. The van der Waals surface area contributed by atoms with Gasteiger partial charge in [-0.05, 0) is 33.9 Å². The lowest BCUT2D eigenvalue weighted by molar-refractivity contribution is -0.245. The number of aromatic nitrogens is 3. The number of thioether (sulfide) groups is 1. The molecule has 39 heavy (non-hydrogen) atoms. The van der Waals surface area contributed by atoms with Gasteiger partial charge in [0, 0.05) is 38.3 Å². The van der Waals surface area contributed by atoms with Gasteiger partial charge in [-0.15, -0.1) is 10.2 Å². The van der Waals surface area contributed by atoms with Gasteiger partial charge in [0.05, 0.1) is 18.8 Å². The highest BCUT2D eigenvalue weighted by Gasteiger charge is 2.32. The van der Waals surface area contributed by atoms with E-state index in [0.29, 0.717) is 13.0 Å². The number of carbonyl (C=O) groups excluding carboxylic acids is 1. The Morgan fingerprint density at radius 1 is 1.03 bits per heavy atom. The molecule has 1 aromatic heterocycles. The Hall–Kier alpha value is -3.50. The highest BCUT2D eigenvalue weighted by molar-refractivity contribution is 7.99. The number of nitrogens with zero attached hydrogens (tertiary/aromatic N) is 3. The molecular weight excluding hydrogens is 512 g/mol. The first-order valence-corrected chi connectivity index (χ1v) is 13.9. The maximum absolute atomic E-state index is 11.3. The third-order valence-corrected chi connectivity index (χ3v) is 7.83. The summed E-state index contributed by atoms with van der Waals surface area (Å²) in [6.45, 7) is 2.03. The Kier molecular flexibility index (Phi) is 8.73. The third-order valence-electron chi connectivity index (χ3n) is 6.67. The van der Waals surface area contributed by atoms with Crippen LogP contribution in [-0.4, -0.2) is 37.6 Å². The molecule has 3 atom stereocenters. The first-order valence-electron chi connectivity index (χ1n) is 12.9. The predicted molar refractivity (Wildman–Crippen MR) is 150 cm³/mol. The Bertz CT molecular complexity index is 1390. The van der Waals surface area contributed by atoms with Crippen LogP contribution in [0.1, 0.15) is 48.0 Å². The van der Waals surface area contributed by atoms with Gasteiger partial charge in [-0.25, -0.2) is 0 Å². The lowest BCUT2D eigenvalue weighted by atomic mass is 9.99. The molecule has 4 aromatic rings. The minimum atomic E-state index is -0.522. The maximum atomic E-state index is 11.3. The number of aryl methyl sites for hydroxylation is 1. The number of hydrogen-bond donors (Lipinski definition) is 2. The number of carbonyl (C=O) groups is 1. The standard InChI is InChI=1S/C30H32N4O4S/c1-20(36)31-16-22-4-3-5-26(14-22)23-10-12-25(13-11-23)29-37-27(18-39-30-33-32-19-34(30)2)15-28(38-29)24-8-6-21(17-35)7-9-24/h3-14,19,27-29,35H,15-18H2,1-2H3,(H,31,36)/t27-,28+,29+/m0/s1. The average molecular weight is 545 g/mol. The molecular formula is C30H32N4O4S. The molecule has 2 heterocycles. The number of rotatable bonds is 9. The zero-order valence-corrected chi connectivity index (χ0v) is 22.8. The summed E-state index contributed by atoms with van der Waals surface area (Å²) in [5.74, 6) is 0.671. The van der Waals surface area contributed by atoms with Gasteiger partial charge in [-0.3, -0.25) is 4.79 Å². The summed E-state index contributed by atoms with van der Waals surface area (Å²) in [5.41, 5.74) is 6.07. The fraction of sp³-hybridized carbons (Fsp3) is 0.300. The van der Waals surface area contributed by atoms with Gasteiger partial charge in [0.15, 0.2) is 11.4 Å². The van der Waals surface area contributed by atoms with Crippen molar-refractivity contribution in [1.82, 2.24) is 20.1 Å². The van der Waals surface area contributed by atoms with Crippen molar-refractivity contribution >= 4 is 17.7 Å². The summed E-state index contributed by atoms with van der Waals surface area (Å²) in [6.07, 6.45) is 1.67. The molecule has 3 aromatic carbocycles. The van der Waals surface area contributed by atoms with Crippen molar-refractivity contribution in [2.24, 2.45) is 7.05 Å². The fourth-order valence-corrected chi connectivity index (χ4v) is 5.42. The molecule has 0 spiro atoms. The summed E-state index contributed by atoms with van der Waals surface area (Å²) in [4.78, 5) is 11.3. The van der Waals surface area contributed by atoms with Gasteiger partial charge in [-0.2, -0.15) is 0 Å². The van der Waals surface area contributed by atoms with Gasteiger partial charge in [-0.1, -0.05) is 78.5 Å². The monoisotopic (exact) mass is 544 g/mol. The zero-order chi connectivity index (χ0) is 27.2. The fourth-order valence-electron chi connectivity index (χ4n) is 4.51. The molecule has 0 bridgehead atoms. The SMILES string of the molecule is CC(=O)NCc1cccc(-c2ccc([C@@H]3O[C@H](CSc4nncn4C)C[C@H](c4ccc(CO)cc4)O3)cc2)c1. The summed E-state index contributed by atoms with van der Waals surface area (Å²) < 4.78 is 14.8. The van der Waals surface area contributed by atoms with Gasteiger partial charge in [0.25, 0.3) is 0 Å². The van der Waals surface area contributed by atoms with E-state index in [4.69, 9.17) is 9.47 Å². The van der Waals surface area contributed by atoms with Gasteiger partial charge in [0.2, 0.25) is 5.91 Å². The van der Waals surface area contributed by atoms with Gasteiger partial charge < -0.3 is 24.5 Å². The normalized spacial score (nSPS) is 19.1. The first-order chi connectivity index (χ1) is 19.0. The summed E-state index contributed by atoms with van der Waals surface area (Å²) in [5, 5.41) is 21.3. The van der Waals surface area contributed by atoms with Crippen LogP contribution in [-0.2, 0) is 34.5 Å². The van der Waals surface area contributed by atoms with Crippen molar-refractivity contribution in [3.05, 3.63) is 101 Å². The number of ether oxygens (including phenoxy) is 2. The second-order valence-electron chi connectivity index (χ2n) is 9.62. The Labute approximate surface area is 232 Å². The second kappa shape index (κ2) is 12.6. The molecule has 0 radical (unpaired) electrons. The third kappa shape index (κ3) is 6.93. The first kappa shape index (κ1) is 27.1. The average Bonchev–Trinajstić information content (AvgIpc) is 3.39. The molecule has 2 N–H and O–H groups in total. The van der Waals surface area contributed by atoms with Crippen molar-refractivity contribution in [3.63, 3.8) is 0 Å². The molecule has 0 aliphatic carbocycles. The van der Waals surface area contributed by atoms with Crippen LogP contribution in [0.3, 0.4) is 0 Å². The van der Waals surface area contributed by atoms with Crippen LogP contribution >= 0.6 is 11.8 Å². The number of benzene rings is 3. The Balaban J connectivity index is 1.34. The highest BCUT2D eigenvalue weighted by atomic mass is 32.2. The Morgan fingerprint density at radius 3 is 2.49 bits per heavy atom. The molecule has 5 rings (SSSR count). The van der Waals surface area contributed by atoms with E-state index in [-0.39, 0.29) is 24.7 Å². The number of aliphatic hydroxyl groups excluding tert-OH is 1. The molecule has 1 aliphatic heterocycles. The van der Waals surface area contributed by atoms with Gasteiger partial charge in [0.1, 0.15) is 6.33 Å². The highest BCUT2D eigenvalue weighted by Crippen LogP contribution is 2.39. The van der Waals surface area contributed by atoms with Crippen LogP contribution in [0.25, 0.3) is 11.1 Å². The lowest BCUT2D eigenvalue weighted by Crippen LogP contribution is -2.31. The van der Waals surface area contributed by atoms with Gasteiger partial charge >= 0.3 is 0 Å². The molecule has 1 fully saturated rings. The molecule has 1 aliphatic rings. The molecule has 202 valence electrons. The molecule has 0 unspecified atom stereocenters. The van der Waals surface area contributed by atoms with Crippen molar-refractivity contribution in [3.8, 4) is 11.1 Å². The maximum Gasteiger partial charge on any atom is 0.217 e. The van der Waals surface area contributed by atoms with Crippen molar-refractivity contribution in [2.45, 2.75) is 50.2 Å². The summed E-state index contributed by atoms with van der Waals surface area (Å²) in [7, 11) is 1.93. The summed E-state index contributed by atoms with van der Waals surface area (Å²) >= 11 is 1.62. The van der Waals surface area contributed by atoms with E-state index >= 15 is 0 Å². The molecule has 0 saturated carbocycles. The van der Waals surface area contributed by atoms with Crippen LogP contribution < -0.4 is 5.32 Å². The van der Waals surface area contributed by atoms with E-state index in [1.807, 2.05) is 60.1 Å². The van der Waals surface area contributed by atoms with Crippen molar-refractivity contribution < 1.29 is 19.4 Å². The molecule has 1 saturated heterocycles. The van der Waals surface area contributed by atoms with E-state index < -0.39 is 6.29 Å². The number of nitrogens with one attached hydrogen (secondary N) is 1. The number of aliphatic hydroxyl groups is 1. The topological polar surface area (TPSA) is 98.5 Å². The van der Waals surface area contributed by atoms with E-state index in [9.17, 15) is 9.90 Å². The largest absolute Gasteiger partial charge is 0.392 e. The van der Waals surface area contributed by atoms with Crippen LogP contribution in [0.2, 0.25) is 0 Å². The minimum absolute atomic E-state index is 0.0109. The van der Waals surface area contributed by atoms with Crippen molar-refractivity contribution in [2.75, 3.05) is 5.75 Å². The van der Waals surface area contributed by atoms with Crippen LogP contribution in [0.5, 0.6) is 0 Å². The quantitative estimate of drug-likeness (QED) is 0.288. The smallest absolute Gasteiger partial charge is 0.217 e. The molecule has 8 nitrogen and oxygen atoms in total. The minimum Gasteiger partial charge on any atom is -0.392 e. The number of amides is 1.